The van der Waals surface area contributed by atoms with Crippen LogP contribution in [0.15, 0.2) is 0 Å². The molecule has 0 aliphatic carbocycles. The number of alkyl halides is 2. The Labute approximate surface area is 172 Å². The van der Waals surface area contributed by atoms with Crippen LogP contribution in [-0.2, 0) is 0 Å². The van der Waals surface area contributed by atoms with Gasteiger partial charge in [0.05, 0.1) is 0 Å². The molecule has 0 saturated carbocycles. The smallest absolute Gasteiger partial charge is 1.00 e. The molecule has 92 valence electrons. The first-order chi connectivity index (χ1) is 5.83. The number of unbranched alkanes of at least 4 members (excludes halogenated alkanes) is 4. The maximum atomic E-state index is 3.64. The summed E-state index contributed by atoms with van der Waals surface area (Å²) in [5.41, 5.74) is 0. The summed E-state index contributed by atoms with van der Waals surface area (Å²) in [6.07, 6.45) is 7.20. The molecule has 0 radical (unpaired) electrons. The van der Waals surface area contributed by atoms with Crippen molar-refractivity contribution in [2.24, 2.45) is 0 Å². The molecule has 0 saturated heterocycles. The Morgan fingerprint density at radius 2 is 0.938 bits per heavy atom. The van der Waals surface area contributed by atoms with E-state index in [-0.39, 0.29) is 80.1 Å². The molecule has 0 N–H and O–H groups in total. The van der Waals surface area contributed by atoms with Crippen molar-refractivity contribution in [1.29, 1.82) is 0 Å². The van der Waals surface area contributed by atoms with Gasteiger partial charge < -0.3 is 47.8 Å². The standard InChI is InChI=1S/C5H10Br2.C5H10.2BrH.2Mg/c6-4-2-1-3-5-7;1-3-5-4-2;;;;/h1-5H2;1-5H2;2*1H;;/q;-2;;;2*+2/p-2. The van der Waals surface area contributed by atoms with Gasteiger partial charge in [0.1, 0.15) is 0 Å². The molecule has 0 fully saturated rings. The van der Waals surface area contributed by atoms with Crippen LogP contribution in [-0.4, -0.2) is 56.8 Å². The third-order valence-electron chi connectivity index (χ3n) is 1.27. The fraction of sp³-hybridized carbons (Fsp3) is 0.800. The van der Waals surface area contributed by atoms with Gasteiger partial charge in [0.2, 0.25) is 0 Å². The largest absolute Gasteiger partial charge is 2.00 e. The van der Waals surface area contributed by atoms with E-state index in [4.69, 9.17) is 0 Å². The van der Waals surface area contributed by atoms with Crippen LogP contribution in [0, 0.1) is 13.8 Å². The quantitative estimate of drug-likeness (QED) is 0.169. The molecular formula is C10H20Br4Mg2. The minimum absolute atomic E-state index is 0. The van der Waals surface area contributed by atoms with Crippen molar-refractivity contribution >= 4 is 78.0 Å². The molecule has 0 bridgehead atoms. The summed E-state index contributed by atoms with van der Waals surface area (Å²) in [5, 5.41) is 2.31. The fourth-order valence-electron chi connectivity index (χ4n) is 0.543. The molecule has 6 heteroatoms. The summed E-state index contributed by atoms with van der Waals surface area (Å²) >= 11 is 6.73. The molecule has 0 aliphatic rings. The molecule has 0 nitrogen and oxygen atoms in total. The molecule has 0 unspecified atom stereocenters. The van der Waals surface area contributed by atoms with Crippen molar-refractivity contribution in [2.45, 2.75) is 38.5 Å². The second-order valence-electron chi connectivity index (χ2n) is 2.50. The first kappa shape index (κ1) is 36.6. The molecule has 0 aromatic rings. The Morgan fingerprint density at radius 3 is 1.06 bits per heavy atom. The number of rotatable bonds is 6. The zero-order chi connectivity index (χ0) is 9.66. The van der Waals surface area contributed by atoms with E-state index in [0.29, 0.717) is 0 Å². The van der Waals surface area contributed by atoms with E-state index in [0.717, 1.165) is 23.5 Å². The van der Waals surface area contributed by atoms with E-state index in [1.165, 1.54) is 25.7 Å². The minimum atomic E-state index is 0. The average Bonchev–Trinajstić information content (AvgIpc) is 2.08. The third-order valence-corrected chi connectivity index (χ3v) is 2.39. The summed E-state index contributed by atoms with van der Waals surface area (Å²) in [4.78, 5) is 0. The van der Waals surface area contributed by atoms with Crippen molar-refractivity contribution < 1.29 is 34.0 Å². The predicted octanol–water partition coefficient (Wildman–Crippen LogP) is -1.98. The van der Waals surface area contributed by atoms with Crippen molar-refractivity contribution in [3.63, 3.8) is 0 Å². The van der Waals surface area contributed by atoms with Crippen LogP contribution < -0.4 is 34.0 Å². The summed E-state index contributed by atoms with van der Waals surface area (Å²) in [6, 6.07) is 0. The average molecular weight is 508 g/mol. The summed E-state index contributed by atoms with van der Waals surface area (Å²) in [6.45, 7) is 7.27. The SMILES string of the molecule is BrCCCCCBr.[Br-].[Br-].[CH2-]CCC[CH2-].[Mg+2].[Mg+2]. The van der Waals surface area contributed by atoms with Gasteiger partial charge in [0, 0.05) is 10.7 Å². The molecular weight excluding hydrogens is 488 g/mol. The van der Waals surface area contributed by atoms with Crippen molar-refractivity contribution in [3.8, 4) is 0 Å². The molecule has 0 heterocycles. The van der Waals surface area contributed by atoms with Crippen LogP contribution >= 0.6 is 31.9 Å². The van der Waals surface area contributed by atoms with Gasteiger partial charge in [0.25, 0.3) is 0 Å². The van der Waals surface area contributed by atoms with Gasteiger partial charge in [0.15, 0.2) is 0 Å². The first-order valence-corrected chi connectivity index (χ1v) is 6.78. The molecule has 0 aromatic heterocycles. The van der Waals surface area contributed by atoms with Crippen LogP contribution in [0.5, 0.6) is 0 Å². The Bertz CT molecular complexity index is 62.8. The number of hydrogen-bond donors (Lipinski definition) is 0. The zero-order valence-corrected chi connectivity index (χ0v) is 19.2. The van der Waals surface area contributed by atoms with E-state index < -0.39 is 0 Å². The molecule has 16 heavy (non-hydrogen) atoms. The van der Waals surface area contributed by atoms with E-state index in [1.54, 1.807) is 0 Å². The van der Waals surface area contributed by atoms with Gasteiger partial charge in [-0.25, -0.2) is 0 Å². The molecule has 0 atom stereocenters. The molecule has 0 rings (SSSR count). The monoisotopic (exact) mass is 504 g/mol. The molecule has 0 spiro atoms. The van der Waals surface area contributed by atoms with Gasteiger partial charge in [-0.05, 0) is 12.8 Å². The first-order valence-electron chi connectivity index (χ1n) is 4.53. The van der Waals surface area contributed by atoms with Crippen molar-refractivity contribution in [1.82, 2.24) is 0 Å². The van der Waals surface area contributed by atoms with Crippen LogP contribution in [0.25, 0.3) is 0 Å². The maximum Gasteiger partial charge on any atom is 2.00 e. The van der Waals surface area contributed by atoms with Gasteiger partial charge in [-0.1, -0.05) is 38.3 Å². The van der Waals surface area contributed by atoms with E-state index in [2.05, 4.69) is 45.7 Å². The van der Waals surface area contributed by atoms with Crippen LogP contribution in [0.3, 0.4) is 0 Å². The van der Waals surface area contributed by atoms with E-state index in [1.807, 2.05) is 0 Å². The molecule has 0 aromatic carbocycles. The Morgan fingerprint density at radius 1 is 0.625 bits per heavy atom. The van der Waals surface area contributed by atoms with E-state index >= 15 is 0 Å². The van der Waals surface area contributed by atoms with Gasteiger partial charge in [-0.15, -0.1) is 6.42 Å². The van der Waals surface area contributed by atoms with E-state index in [9.17, 15) is 0 Å². The van der Waals surface area contributed by atoms with Crippen LogP contribution in [0.2, 0.25) is 0 Å². The topological polar surface area (TPSA) is 0 Å². The van der Waals surface area contributed by atoms with Crippen molar-refractivity contribution in [3.05, 3.63) is 13.8 Å². The maximum absolute atomic E-state index is 3.64. The fourth-order valence-corrected chi connectivity index (χ4v) is 1.34. The van der Waals surface area contributed by atoms with Gasteiger partial charge >= 0.3 is 46.1 Å². The Kier molecular flexibility index (Phi) is 98.0. The molecule has 0 aliphatic heterocycles. The minimum Gasteiger partial charge on any atom is -1.00 e. The second-order valence-corrected chi connectivity index (χ2v) is 4.09. The summed E-state index contributed by atoms with van der Waals surface area (Å²) in [7, 11) is 0. The Balaban J connectivity index is -0.0000000258. The summed E-state index contributed by atoms with van der Waals surface area (Å²) < 4.78 is 0. The Hall–Kier alpha value is 3.45. The normalized spacial score (nSPS) is 6.75. The van der Waals surface area contributed by atoms with Crippen LogP contribution in [0.4, 0.5) is 0 Å². The summed E-state index contributed by atoms with van der Waals surface area (Å²) in [5.74, 6) is 0. The zero-order valence-electron chi connectivity index (χ0n) is 10.00. The number of halogens is 4. The van der Waals surface area contributed by atoms with Crippen molar-refractivity contribution in [2.75, 3.05) is 10.7 Å². The van der Waals surface area contributed by atoms with Gasteiger partial charge in [-0.3, -0.25) is 0 Å². The molecule has 0 amide bonds. The second kappa shape index (κ2) is 42.9. The third kappa shape index (κ3) is 52.9. The van der Waals surface area contributed by atoms with Crippen LogP contribution in [0.1, 0.15) is 38.5 Å². The number of hydrogen-bond acceptors (Lipinski definition) is 0. The van der Waals surface area contributed by atoms with Gasteiger partial charge in [-0.2, -0.15) is 12.8 Å². The predicted molar refractivity (Wildman–Crippen MR) is 77.5 cm³/mol.